The second kappa shape index (κ2) is 5.05. The van der Waals surface area contributed by atoms with Crippen molar-refractivity contribution in [3.63, 3.8) is 0 Å². The smallest absolute Gasteiger partial charge is 0.129 e. The fraction of sp³-hybridized carbons (Fsp3) is 0.167. The van der Waals surface area contributed by atoms with Crippen LogP contribution in [0.25, 0.3) is 0 Å². The molecule has 82 valence electrons. The molecule has 1 atom stereocenters. The predicted octanol–water partition coefficient (Wildman–Crippen LogP) is 2.41. The van der Waals surface area contributed by atoms with Gasteiger partial charge in [0.05, 0.1) is 6.10 Å². The van der Waals surface area contributed by atoms with E-state index in [0.717, 1.165) is 11.3 Å². The van der Waals surface area contributed by atoms with Gasteiger partial charge in [0.25, 0.3) is 0 Å². The first-order chi connectivity index (χ1) is 7.75. The Balaban J connectivity index is 2.12. The van der Waals surface area contributed by atoms with Gasteiger partial charge in [0.2, 0.25) is 0 Å². The van der Waals surface area contributed by atoms with Crippen LogP contribution in [0.1, 0.15) is 17.4 Å². The molecule has 2 heterocycles. The van der Waals surface area contributed by atoms with Crippen molar-refractivity contribution >= 4 is 11.6 Å². The molecule has 4 heteroatoms. The lowest BCUT2D eigenvalue weighted by Crippen LogP contribution is -2.03. The first kappa shape index (κ1) is 11.0. The maximum absolute atomic E-state index is 9.97. The molecule has 2 aromatic rings. The van der Waals surface area contributed by atoms with Gasteiger partial charge in [0.15, 0.2) is 0 Å². The van der Waals surface area contributed by atoms with E-state index < -0.39 is 6.10 Å². The summed E-state index contributed by atoms with van der Waals surface area (Å²) < 4.78 is 0. The highest BCUT2D eigenvalue weighted by Crippen LogP contribution is 2.18. The van der Waals surface area contributed by atoms with Crippen LogP contribution < -0.4 is 0 Å². The topological polar surface area (TPSA) is 46.0 Å². The summed E-state index contributed by atoms with van der Waals surface area (Å²) in [4.78, 5) is 8.03. The van der Waals surface area contributed by atoms with Crippen molar-refractivity contribution in [3.8, 4) is 0 Å². The molecule has 2 rings (SSSR count). The molecule has 0 saturated heterocycles. The molecule has 0 saturated carbocycles. The second-order valence-electron chi connectivity index (χ2n) is 3.45. The molecule has 3 nitrogen and oxygen atoms in total. The summed E-state index contributed by atoms with van der Waals surface area (Å²) in [5, 5.41) is 10.4. The van der Waals surface area contributed by atoms with E-state index in [1.165, 1.54) is 0 Å². The fourth-order valence-electron chi connectivity index (χ4n) is 1.46. The third-order valence-corrected chi connectivity index (χ3v) is 2.47. The van der Waals surface area contributed by atoms with Gasteiger partial charge in [-0.05, 0) is 29.8 Å². The maximum atomic E-state index is 9.97. The fourth-order valence-corrected chi connectivity index (χ4v) is 1.64. The van der Waals surface area contributed by atoms with Crippen LogP contribution in [0, 0.1) is 0 Å². The van der Waals surface area contributed by atoms with E-state index in [1.807, 2.05) is 18.2 Å². The van der Waals surface area contributed by atoms with Crippen molar-refractivity contribution in [3.05, 3.63) is 59.1 Å². The minimum Gasteiger partial charge on any atom is -0.388 e. The number of hydrogen-bond donors (Lipinski definition) is 1. The van der Waals surface area contributed by atoms with E-state index in [9.17, 15) is 5.11 Å². The molecule has 0 amide bonds. The summed E-state index contributed by atoms with van der Waals surface area (Å²) in [6.07, 6.45) is 3.16. The molecule has 1 unspecified atom stereocenters. The average Bonchev–Trinajstić information content (AvgIpc) is 2.30. The van der Waals surface area contributed by atoms with Crippen LogP contribution in [0.3, 0.4) is 0 Å². The van der Waals surface area contributed by atoms with Crippen molar-refractivity contribution in [1.29, 1.82) is 0 Å². The van der Waals surface area contributed by atoms with Crippen LogP contribution in [0.2, 0.25) is 5.15 Å². The van der Waals surface area contributed by atoms with Crippen molar-refractivity contribution in [2.24, 2.45) is 0 Å². The van der Waals surface area contributed by atoms with Gasteiger partial charge in [0.1, 0.15) is 5.15 Å². The Hall–Kier alpha value is -1.45. The van der Waals surface area contributed by atoms with E-state index >= 15 is 0 Å². The zero-order chi connectivity index (χ0) is 11.4. The first-order valence-corrected chi connectivity index (χ1v) is 5.33. The second-order valence-corrected chi connectivity index (χ2v) is 3.84. The number of hydrogen-bond acceptors (Lipinski definition) is 3. The molecular formula is C12H11ClN2O. The normalized spacial score (nSPS) is 12.4. The number of halogens is 1. The number of pyridine rings is 2. The van der Waals surface area contributed by atoms with Crippen molar-refractivity contribution in [1.82, 2.24) is 9.97 Å². The lowest BCUT2D eigenvalue weighted by atomic mass is 10.1. The predicted molar refractivity (Wildman–Crippen MR) is 62.1 cm³/mol. The van der Waals surface area contributed by atoms with Crippen LogP contribution in [-0.2, 0) is 6.42 Å². The van der Waals surface area contributed by atoms with E-state index in [2.05, 4.69) is 9.97 Å². The summed E-state index contributed by atoms with van der Waals surface area (Å²) in [6.45, 7) is 0. The van der Waals surface area contributed by atoms with Gasteiger partial charge in [-0.15, -0.1) is 0 Å². The van der Waals surface area contributed by atoms with Gasteiger partial charge >= 0.3 is 0 Å². The third kappa shape index (κ3) is 2.78. The molecule has 2 aromatic heterocycles. The van der Waals surface area contributed by atoms with Gasteiger partial charge in [0, 0.05) is 24.5 Å². The molecule has 0 aliphatic carbocycles. The van der Waals surface area contributed by atoms with Gasteiger partial charge in [-0.1, -0.05) is 17.7 Å². The number of nitrogens with zero attached hydrogens (tertiary/aromatic N) is 2. The summed E-state index contributed by atoms with van der Waals surface area (Å²) in [5.74, 6) is 0. The number of rotatable bonds is 3. The van der Waals surface area contributed by atoms with E-state index in [4.69, 9.17) is 11.6 Å². The van der Waals surface area contributed by atoms with Gasteiger partial charge in [-0.2, -0.15) is 0 Å². The highest BCUT2D eigenvalue weighted by Gasteiger charge is 2.09. The van der Waals surface area contributed by atoms with Crippen LogP contribution >= 0.6 is 11.6 Å². The quantitative estimate of drug-likeness (QED) is 0.830. The molecular weight excluding hydrogens is 224 g/mol. The largest absolute Gasteiger partial charge is 0.388 e. The Morgan fingerprint density at radius 1 is 1.19 bits per heavy atom. The van der Waals surface area contributed by atoms with Crippen LogP contribution in [0.5, 0.6) is 0 Å². The summed E-state index contributed by atoms with van der Waals surface area (Å²) in [7, 11) is 0. The minimum atomic E-state index is -0.601. The maximum Gasteiger partial charge on any atom is 0.129 e. The zero-order valence-corrected chi connectivity index (χ0v) is 9.30. The molecule has 0 aliphatic heterocycles. The Bertz CT molecular complexity index is 462. The lowest BCUT2D eigenvalue weighted by Gasteiger charge is -2.10. The molecule has 1 N–H and O–H groups in total. The Morgan fingerprint density at radius 3 is 2.75 bits per heavy atom. The lowest BCUT2D eigenvalue weighted by molar-refractivity contribution is 0.177. The zero-order valence-electron chi connectivity index (χ0n) is 8.55. The van der Waals surface area contributed by atoms with Crippen molar-refractivity contribution in [2.75, 3.05) is 0 Å². The third-order valence-electron chi connectivity index (χ3n) is 2.26. The van der Waals surface area contributed by atoms with Crippen molar-refractivity contribution < 1.29 is 5.11 Å². The molecule has 0 aliphatic rings. The summed E-state index contributed by atoms with van der Waals surface area (Å²) in [6, 6.07) is 9.04. The molecule has 0 bridgehead atoms. The number of aromatic nitrogens is 2. The highest BCUT2D eigenvalue weighted by molar-refractivity contribution is 6.29. The van der Waals surface area contributed by atoms with E-state index in [0.29, 0.717) is 11.6 Å². The molecule has 0 fully saturated rings. The monoisotopic (exact) mass is 234 g/mol. The summed E-state index contributed by atoms with van der Waals surface area (Å²) >= 11 is 5.75. The highest BCUT2D eigenvalue weighted by atomic mass is 35.5. The van der Waals surface area contributed by atoms with Gasteiger partial charge in [-0.25, -0.2) is 4.98 Å². The molecule has 0 aromatic carbocycles. The van der Waals surface area contributed by atoms with E-state index in [-0.39, 0.29) is 0 Å². The molecule has 0 spiro atoms. The Labute approximate surface area is 98.8 Å². The number of aliphatic hydroxyl groups is 1. The van der Waals surface area contributed by atoms with Crippen LogP contribution in [0.15, 0.2) is 42.7 Å². The molecule has 0 radical (unpaired) electrons. The Kier molecular flexibility index (Phi) is 3.49. The van der Waals surface area contributed by atoms with Crippen LogP contribution in [-0.4, -0.2) is 15.1 Å². The van der Waals surface area contributed by atoms with Gasteiger partial charge in [-0.3, -0.25) is 4.98 Å². The van der Waals surface area contributed by atoms with E-state index in [1.54, 1.807) is 24.5 Å². The average molecular weight is 235 g/mol. The standard InChI is InChI=1S/C12H11ClN2O/c13-12-7-9(4-6-15-12)11(16)8-10-3-1-2-5-14-10/h1-7,11,16H,8H2. The summed E-state index contributed by atoms with van der Waals surface area (Å²) in [5.41, 5.74) is 1.61. The first-order valence-electron chi connectivity index (χ1n) is 4.95. The van der Waals surface area contributed by atoms with Crippen molar-refractivity contribution in [2.45, 2.75) is 12.5 Å². The SMILES string of the molecule is OC(Cc1ccccn1)c1ccnc(Cl)c1. The van der Waals surface area contributed by atoms with Crippen LogP contribution in [0.4, 0.5) is 0 Å². The Morgan fingerprint density at radius 2 is 2.06 bits per heavy atom. The van der Waals surface area contributed by atoms with Gasteiger partial charge < -0.3 is 5.11 Å². The molecule has 16 heavy (non-hydrogen) atoms. The number of aliphatic hydroxyl groups excluding tert-OH is 1. The minimum absolute atomic E-state index is 0.387.